The Hall–Kier alpha value is -0.570. The number of piperidine rings is 1. The Balaban J connectivity index is 1.93. The quantitative estimate of drug-likeness (QED) is 0.644. The zero-order valence-electron chi connectivity index (χ0n) is 8.25. The minimum atomic E-state index is 0.312. The van der Waals surface area contributed by atoms with Crippen LogP contribution in [0, 0.1) is 5.92 Å². The summed E-state index contributed by atoms with van der Waals surface area (Å²) >= 11 is 0. The third kappa shape index (κ3) is 1.70. The minimum Gasteiger partial charge on any atom is -0.341 e. The van der Waals surface area contributed by atoms with Gasteiger partial charge in [0.15, 0.2) is 0 Å². The summed E-state index contributed by atoms with van der Waals surface area (Å²) in [5.41, 5.74) is 0. The second kappa shape index (κ2) is 3.66. The topological polar surface area (TPSA) is 32.3 Å². The van der Waals surface area contributed by atoms with Gasteiger partial charge in [-0.3, -0.25) is 4.79 Å². The molecule has 2 heterocycles. The van der Waals surface area contributed by atoms with Crippen LogP contribution in [-0.4, -0.2) is 36.5 Å². The van der Waals surface area contributed by atoms with Crippen LogP contribution in [0.25, 0.3) is 0 Å². The average Bonchev–Trinajstić information content (AvgIpc) is 2.63. The molecule has 0 bridgehead atoms. The van der Waals surface area contributed by atoms with E-state index in [0.29, 0.717) is 18.4 Å². The van der Waals surface area contributed by atoms with Gasteiger partial charge in [-0.05, 0) is 25.3 Å². The molecule has 0 aromatic heterocycles. The van der Waals surface area contributed by atoms with Crippen molar-refractivity contribution in [1.82, 2.24) is 10.2 Å². The van der Waals surface area contributed by atoms with Crippen molar-refractivity contribution >= 4 is 5.91 Å². The molecule has 2 aliphatic rings. The number of fused-ring (bicyclic) bond motifs is 1. The summed E-state index contributed by atoms with van der Waals surface area (Å²) in [5, 5.41) is 3.47. The molecule has 1 amide bonds. The van der Waals surface area contributed by atoms with Crippen LogP contribution in [0.1, 0.15) is 26.2 Å². The molecule has 1 N–H and O–H groups in total. The lowest BCUT2D eigenvalue weighted by atomic mass is 9.92. The number of nitrogens with one attached hydrogen (secondary N) is 1. The SMILES string of the molecule is CCC(=O)N1CC[C@H]2CCN[C@H]2C1. The van der Waals surface area contributed by atoms with Crippen molar-refractivity contribution in [2.24, 2.45) is 5.92 Å². The third-order valence-corrected chi connectivity index (χ3v) is 3.33. The van der Waals surface area contributed by atoms with Crippen LogP contribution in [0.3, 0.4) is 0 Å². The number of carbonyl (C=O) groups is 1. The van der Waals surface area contributed by atoms with E-state index < -0.39 is 0 Å². The molecular formula is C10H18N2O. The van der Waals surface area contributed by atoms with Crippen LogP contribution in [-0.2, 0) is 4.79 Å². The molecule has 0 spiro atoms. The molecule has 2 atom stereocenters. The van der Waals surface area contributed by atoms with Gasteiger partial charge in [-0.1, -0.05) is 6.92 Å². The molecular weight excluding hydrogens is 164 g/mol. The fourth-order valence-electron chi connectivity index (χ4n) is 2.48. The molecule has 2 saturated heterocycles. The zero-order valence-corrected chi connectivity index (χ0v) is 8.25. The Morgan fingerprint density at radius 2 is 2.38 bits per heavy atom. The Bertz CT molecular complexity index is 205. The predicted octanol–water partition coefficient (Wildman–Crippen LogP) is 0.607. The van der Waals surface area contributed by atoms with Crippen molar-refractivity contribution in [2.75, 3.05) is 19.6 Å². The molecule has 0 saturated carbocycles. The van der Waals surface area contributed by atoms with Crippen LogP contribution in [0.5, 0.6) is 0 Å². The van der Waals surface area contributed by atoms with Gasteiger partial charge < -0.3 is 10.2 Å². The zero-order chi connectivity index (χ0) is 9.26. The van der Waals surface area contributed by atoms with Gasteiger partial charge in [0, 0.05) is 25.6 Å². The van der Waals surface area contributed by atoms with Crippen molar-refractivity contribution in [3.05, 3.63) is 0 Å². The number of hydrogen-bond acceptors (Lipinski definition) is 2. The average molecular weight is 182 g/mol. The molecule has 2 rings (SSSR count). The molecule has 0 unspecified atom stereocenters. The lowest BCUT2D eigenvalue weighted by Gasteiger charge is -2.34. The second-order valence-corrected chi connectivity index (χ2v) is 4.09. The molecule has 2 fully saturated rings. The normalized spacial score (nSPS) is 33.2. The standard InChI is InChI=1S/C10H18N2O/c1-2-10(13)12-6-4-8-3-5-11-9(8)7-12/h8-9,11H,2-7H2,1H3/t8-,9+/m1/s1. The fourth-order valence-corrected chi connectivity index (χ4v) is 2.48. The maximum atomic E-state index is 11.5. The molecule has 0 aromatic carbocycles. The van der Waals surface area contributed by atoms with Crippen molar-refractivity contribution in [3.8, 4) is 0 Å². The van der Waals surface area contributed by atoms with Gasteiger partial charge in [-0.2, -0.15) is 0 Å². The van der Waals surface area contributed by atoms with E-state index >= 15 is 0 Å². The highest BCUT2D eigenvalue weighted by atomic mass is 16.2. The van der Waals surface area contributed by atoms with E-state index in [-0.39, 0.29) is 0 Å². The first kappa shape index (κ1) is 9.00. The van der Waals surface area contributed by atoms with Crippen LogP contribution in [0.2, 0.25) is 0 Å². The molecule has 3 nitrogen and oxygen atoms in total. The largest absolute Gasteiger partial charge is 0.341 e. The first-order chi connectivity index (χ1) is 6.31. The van der Waals surface area contributed by atoms with Crippen LogP contribution in [0.4, 0.5) is 0 Å². The van der Waals surface area contributed by atoms with E-state index in [4.69, 9.17) is 0 Å². The van der Waals surface area contributed by atoms with Crippen molar-refractivity contribution in [2.45, 2.75) is 32.2 Å². The monoisotopic (exact) mass is 182 g/mol. The summed E-state index contributed by atoms with van der Waals surface area (Å²) in [6.45, 7) is 5.01. The number of likely N-dealkylation sites (tertiary alicyclic amines) is 1. The molecule has 0 aliphatic carbocycles. The summed E-state index contributed by atoms with van der Waals surface area (Å²) in [6.07, 6.45) is 3.15. The summed E-state index contributed by atoms with van der Waals surface area (Å²) < 4.78 is 0. The number of hydrogen-bond donors (Lipinski definition) is 1. The number of amides is 1. The minimum absolute atomic E-state index is 0.312. The van der Waals surface area contributed by atoms with Crippen molar-refractivity contribution in [1.29, 1.82) is 0 Å². The highest BCUT2D eigenvalue weighted by Gasteiger charge is 2.33. The van der Waals surface area contributed by atoms with E-state index in [9.17, 15) is 4.79 Å². The lowest BCUT2D eigenvalue weighted by Crippen LogP contribution is -2.48. The number of carbonyl (C=O) groups excluding carboxylic acids is 1. The summed E-state index contributed by atoms with van der Waals surface area (Å²) in [6, 6.07) is 0.587. The molecule has 2 aliphatic heterocycles. The smallest absolute Gasteiger partial charge is 0.222 e. The van der Waals surface area contributed by atoms with E-state index in [0.717, 1.165) is 25.6 Å². The second-order valence-electron chi connectivity index (χ2n) is 4.09. The van der Waals surface area contributed by atoms with Crippen LogP contribution < -0.4 is 5.32 Å². The first-order valence-electron chi connectivity index (χ1n) is 5.32. The van der Waals surface area contributed by atoms with Gasteiger partial charge in [-0.25, -0.2) is 0 Å². The Labute approximate surface area is 79.5 Å². The summed E-state index contributed by atoms with van der Waals surface area (Å²) in [7, 11) is 0. The molecule has 74 valence electrons. The van der Waals surface area contributed by atoms with E-state index in [1.54, 1.807) is 0 Å². The Morgan fingerprint density at radius 3 is 3.15 bits per heavy atom. The highest BCUT2D eigenvalue weighted by molar-refractivity contribution is 5.75. The molecule has 0 radical (unpaired) electrons. The molecule has 0 aromatic rings. The Kier molecular flexibility index (Phi) is 2.54. The summed E-state index contributed by atoms with van der Waals surface area (Å²) in [4.78, 5) is 13.5. The van der Waals surface area contributed by atoms with Gasteiger partial charge in [0.1, 0.15) is 0 Å². The fraction of sp³-hybridized carbons (Fsp3) is 0.900. The lowest BCUT2D eigenvalue weighted by molar-refractivity contribution is -0.132. The van der Waals surface area contributed by atoms with E-state index in [1.807, 2.05) is 11.8 Å². The first-order valence-corrected chi connectivity index (χ1v) is 5.32. The van der Waals surface area contributed by atoms with Gasteiger partial charge in [-0.15, -0.1) is 0 Å². The van der Waals surface area contributed by atoms with Crippen molar-refractivity contribution in [3.63, 3.8) is 0 Å². The Morgan fingerprint density at radius 1 is 1.54 bits per heavy atom. The van der Waals surface area contributed by atoms with Crippen molar-refractivity contribution < 1.29 is 4.79 Å². The predicted molar refractivity (Wildman–Crippen MR) is 51.4 cm³/mol. The number of nitrogens with zero attached hydrogens (tertiary/aromatic N) is 1. The van der Waals surface area contributed by atoms with E-state index in [2.05, 4.69) is 5.32 Å². The molecule has 3 heteroatoms. The van der Waals surface area contributed by atoms with Crippen LogP contribution in [0.15, 0.2) is 0 Å². The van der Waals surface area contributed by atoms with Crippen LogP contribution >= 0.6 is 0 Å². The van der Waals surface area contributed by atoms with E-state index in [1.165, 1.54) is 12.8 Å². The van der Waals surface area contributed by atoms with Gasteiger partial charge in [0.25, 0.3) is 0 Å². The summed E-state index contributed by atoms with van der Waals surface area (Å²) in [5.74, 6) is 1.15. The van der Waals surface area contributed by atoms with Gasteiger partial charge >= 0.3 is 0 Å². The molecule has 13 heavy (non-hydrogen) atoms. The maximum absolute atomic E-state index is 11.5. The highest BCUT2D eigenvalue weighted by Crippen LogP contribution is 2.25. The maximum Gasteiger partial charge on any atom is 0.222 e. The number of rotatable bonds is 1. The third-order valence-electron chi connectivity index (χ3n) is 3.33. The van der Waals surface area contributed by atoms with Gasteiger partial charge in [0.05, 0.1) is 0 Å². The van der Waals surface area contributed by atoms with Gasteiger partial charge in [0.2, 0.25) is 5.91 Å².